The molecule has 0 saturated heterocycles. The molecule has 0 amide bonds. The van der Waals surface area contributed by atoms with E-state index < -0.39 is 10.0 Å². The smallest absolute Gasteiger partial charge is 0.263 e. The van der Waals surface area contributed by atoms with Gasteiger partial charge in [-0.1, -0.05) is 34.8 Å². The highest BCUT2D eigenvalue weighted by molar-refractivity contribution is 9.10. The number of hydrogen-bond acceptors (Lipinski definition) is 3. The molecule has 0 saturated carbocycles. The maximum Gasteiger partial charge on any atom is 0.263 e. The highest BCUT2D eigenvalue weighted by Gasteiger charge is 2.20. The molecule has 0 radical (unpaired) electrons. The average molecular weight is 431 g/mol. The Morgan fingerprint density at radius 1 is 1.05 bits per heavy atom. The van der Waals surface area contributed by atoms with Gasteiger partial charge in [-0.3, -0.25) is 4.72 Å². The highest BCUT2D eigenvalue weighted by Crippen LogP contribution is 2.37. The van der Waals surface area contributed by atoms with Gasteiger partial charge in [-0.2, -0.15) is 0 Å². The summed E-state index contributed by atoms with van der Waals surface area (Å²) < 4.78 is 27.6. The molecule has 0 bridgehead atoms. The SMILES string of the molecule is Nc1ccc(Cl)c(S(=O)(=O)Nc2ccc(Br)c(Cl)c2Cl)c1. The fourth-order valence-corrected chi connectivity index (χ4v) is 4.02. The zero-order chi connectivity index (χ0) is 15.8. The molecule has 0 spiro atoms. The number of nitrogens with one attached hydrogen (secondary N) is 1. The minimum absolute atomic E-state index is 0.0519. The van der Waals surface area contributed by atoms with Crippen LogP contribution in [0, 0.1) is 0 Å². The van der Waals surface area contributed by atoms with Crippen LogP contribution in [0.15, 0.2) is 39.7 Å². The van der Waals surface area contributed by atoms with Gasteiger partial charge in [0.05, 0.1) is 20.8 Å². The first kappa shape index (κ1) is 16.7. The summed E-state index contributed by atoms with van der Waals surface area (Å²) in [6.45, 7) is 0. The second-order valence-electron chi connectivity index (χ2n) is 4.02. The van der Waals surface area contributed by atoms with Gasteiger partial charge in [0.2, 0.25) is 0 Å². The van der Waals surface area contributed by atoms with Gasteiger partial charge >= 0.3 is 0 Å². The van der Waals surface area contributed by atoms with Crippen LogP contribution >= 0.6 is 50.7 Å². The predicted molar refractivity (Wildman–Crippen MR) is 90.8 cm³/mol. The maximum atomic E-state index is 12.4. The van der Waals surface area contributed by atoms with Crippen molar-refractivity contribution in [2.24, 2.45) is 0 Å². The molecule has 2 aromatic rings. The van der Waals surface area contributed by atoms with Crippen LogP contribution in [-0.2, 0) is 10.0 Å². The molecule has 4 nitrogen and oxygen atoms in total. The van der Waals surface area contributed by atoms with Crippen LogP contribution in [0.3, 0.4) is 0 Å². The molecule has 0 heterocycles. The van der Waals surface area contributed by atoms with E-state index >= 15 is 0 Å². The number of halogens is 4. The van der Waals surface area contributed by atoms with E-state index in [-0.39, 0.29) is 31.3 Å². The Bertz CT molecular complexity index is 812. The molecule has 3 N–H and O–H groups in total. The number of nitrogen functional groups attached to an aromatic ring is 1. The molecule has 9 heteroatoms. The largest absolute Gasteiger partial charge is 0.399 e. The minimum atomic E-state index is -3.94. The van der Waals surface area contributed by atoms with E-state index in [1.165, 1.54) is 24.3 Å². The van der Waals surface area contributed by atoms with E-state index in [9.17, 15) is 8.42 Å². The lowest BCUT2D eigenvalue weighted by Gasteiger charge is -2.12. The van der Waals surface area contributed by atoms with Gasteiger partial charge in [0.15, 0.2) is 0 Å². The topological polar surface area (TPSA) is 72.2 Å². The Hall–Kier alpha value is -0.660. The van der Waals surface area contributed by atoms with Crippen molar-refractivity contribution < 1.29 is 8.42 Å². The minimum Gasteiger partial charge on any atom is -0.399 e. The monoisotopic (exact) mass is 428 g/mol. The van der Waals surface area contributed by atoms with Crippen LogP contribution in [0.4, 0.5) is 11.4 Å². The predicted octanol–water partition coefficient (Wildman–Crippen LogP) is 4.79. The average Bonchev–Trinajstić information content (AvgIpc) is 2.42. The van der Waals surface area contributed by atoms with Crippen LogP contribution in [-0.4, -0.2) is 8.42 Å². The normalized spacial score (nSPS) is 11.4. The van der Waals surface area contributed by atoms with Gasteiger partial charge < -0.3 is 5.73 Å². The molecule has 0 aliphatic rings. The number of hydrogen-bond donors (Lipinski definition) is 2. The van der Waals surface area contributed by atoms with Crippen molar-refractivity contribution in [1.29, 1.82) is 0 Å². The number of benzene rings is 2. The Balaban J connectivity index is 2.47. The Morgan fingerprint density at radius 2 is 1.71 bits per heavy atom. The zero-order valence-corrected chi connectivity index (χ0v) is 14.9. The van der Waals surface area contributed by atoms with Crippen molar-refractivity contribution >= 4 is 72.1 Å². The molecular formula is C12H8BrCl3N2O2S. The van der Waals surface area contributed by atoms with Crippen molar-refractivity contribution in [2.45, 2.75) is 4.90 Å². The van der Waals surface area contributed by atoms with Gasteiger partial charge in [0.25, 0.3) is 10.0 Å². The van der Waals surface area contributed by atoms with Crippen LogP contribution in [0.5, 0.6) is 0 Å². The Labute approximate surface area is 145 Å². The molecule has 2 rings (SSSR count). The summed E-state index contributed by atoms with van der Waals surface area (Å²) in [4.78, 5) is -0.140. The molecule has 2 aromatic carbocycles. The second-order valence-corrected chi connectivity index (χ2v) is 7.69. The molecule has 21 heavy (non-hydrogen) atoms. The van der Waals surface area contributed by atoms with Crippen molar-refractivity contribution in [1.82, 2.24) is 0 Å². The number of rotatable bonds is 3. The fraction of sp³-hybridized carbons (Fsp3) is 0. The van der Waals surface area contributed by atoms with Crippen LogP contribution < -0.4 is 10.5 Å². The highest BCUT2D eigenvalue weighted by atomic mass is 79.9. The number of nitrogens with two attached hydrogens (primary N) is 1. The first-order chi connectivity index (χ1) is 9.72. The summed E-state index contributed by atoms with van der Waals surface area (Å²) in [5.74, 6) is 0. The summed E-state index contributed by atoms with van der Waals surface area (Å²) in [5.41, 5.74) is 6.01. The van der Waals surface area contributed by atoms with Crippen molar-refractivity contribution in [3.8, 4) is 0 Å². The lowest BCUT2D eigenvalue weighted by Crippen LogP contribution is -2.14. The van der Waals surface area contributed by atoms with Crippen molar-refractivity contribution in [3.63, 3.8) is 0 Å². The number of anilines is 2. The summed E-state index contributed by atoms with van der Waals surface area (Å²) in [5, 5.41) is 0.334. The lowest BCUT2D eigenvalue weighted by atomic mass is 10.3. The van der Waals surface area contributed by atoms with Gasteiger partial charge in [0.1, 0.15) is 4.90 Å². The van der Waals surface area contributed by atoms with E-state index in [1.807, 2.05) is 0 Å². The summed E-state index contributed by atoms with van der Waals surface area (Å²) in [7, 11) is -3.94. The van der Waals surface area contributed by atoms with Crippen molar-refractivity contribution in [2.75, 3.05) is 10.5 Å². The van der Waals surface area contributed by atoms with Gasteiger partial charge in [-0.15, -0.1) is 0 Å². The molecule has 0 aliphatic carbocycles. The van der Waals surface area contributed by atoms with Crippen LogP contribution in [0.25, 0.3) is 0 Å². The number of sulfonamides is 1. The Morgan fingerprint density at radius 3 is 2.38 bits per heavy atom. The van der Waals surface area contributed by atoms with E-state index in [1.54, 1.807) is 6.07 Å². The van der Waals surface area contributed by atoms with E-state index in [2.05, 4.69) is 20.7 Å². The van der Waals surface area contributed by atoms with Crippen molar-refractivity contribution in [3.05, 3.63) is 49.9 Å². The third-order valence-electron chi connectivity index (χ3n) is 2.52. The molecule has 0 aromatic heterocycles. The first-order valence-corrected chi connectivity index (χ1v) is 8.84. The third kappa shape index (κ3) is 3.57. The maximum absolute atomic E-state index is 12.4. The van der Waals surface area contributed by atoms with Crippen LogP contribution in [0.1, 0.15) is 0 Å². The molecule has 0 unspecified atom stereocenters. The molecule has 112 valence electrons. The summed E-state index contributed by atoms with van der Waals surface area (Å²) in [6.07, 6.45) is 0. The molecule has 0 fully saturated rings. The standard InChI is InChI=1S/C12H8BrCl3N2O2S/c13-7-2-4-9(12(16)11(7)15)18-21(19,20)10-5-6(17)1-3-8(10)14/h1-5,18H,17H2. The van der Waals surface area contributed by atoms with Crippen LogP contribution in [0.2, 0.25) is 15.1 Å². The molecule has 0 aliphatic heterocycles. The first-order valence-electron chi connectivity index (χ1n) is 5.43. The summed E-state index contributed by atoms with van der Waals surface area (Å²) >= 11 is 21.1. The van der Waals surface area contributed by atoms with E-state index in [0.717, 1.165) is 0 Å². The van der Waals surface area contributed by atoms with E-state index in [4.69, 9.17) is 40.5 Å². The fourth-order valence-electron chi connectivity index (χ4n) is 1.53. The van der Waals surface area contributed by atoms with Gasteiger partial charge in [0, 0.05) is 10.2 Å². The second kappa shape index (κ2) is 6.22. The van der Waals surface area contributed by atoms with E-state index in [0.29, 0.717) is 4.47 Å². The molecular weight excluding hydrogens is 422 g/mol. The third-order valence-corrected chi connectivity index (χ3v) is 6.14. The van der Waals surface area contributed by atoms with Gasteiger partial charge in [-0.05, 0) is 46.3 Å². The summed E-state index contributed by atoms with van der Waals surface area (Å²) in [6, 6.07) is 7.23. The zero-order valence-electron chi connectivity index (χ0n) is 10.2. The molecule has 0 atom stereocenters. The quantitative estimate of drug-likeness (QED) is 0.543. The Kier molecular flexibility index (Phi) is 4.95. The van der Waals surface area contributed by atoms with Gasteiger partial charge in [-0.25, -0.2) is 8.42 Å². The lowest BCUT2D eigenvalue weighted by molar-refractivity contribution is 0.601.